The number of thioether (sulfide) groups is 1. The molecule has 0 saturated heterocycles. The monoisotopic (exact) mass is 274 g/mol. The van der Waals surface area contributed by atoms with E-state index in [-0.39, 0.29) is 22.5 Å². The van der Waals surface area contributed by atoms with Gasteiger partial charge in [0.15, 0.2) is 0 Å². The highest BCUT2D eigenvalue weighted by Crippen LogP contribution is 2.40. The Hall–Kier alpha value is -0.220. The molecule has 0 spiro atoms. The van der Waals surface area contributed by atoms with Gasteiger partial charge in [-0.05, 0) is 32.1 Å². The average Bonchev–Trinajstić information content (AvgIpc) is 2.29. The van der Waals surface area contributed by atoms with Crippen molar-refractivity contribution in [3.8, 4) is 0 Å². The summed E-state index contributed by atoms with van der Waals surface area (Å²) >= 11 is 1.66. The van der Waals surface area contributed by atoms with Gasteiger partial charge in [0.05, 0.1) is 12.0 Å². The lowest BCUT2D eigenvalue weighted by Crippen LogP contribution is -2.35. The first-order valence-electron chi connectivity index (χ1n) is 7.02. The second-order valence-electron chi connectivity index (χ2n) is 5.53. The molecule has 1 saturated carbocycles. The highest BCUT2D eigenvalue weighted by molar-refractivity contribution is 8.00. The maximum atomic E-state index is 11.3. The second-order valence-corrected chi connectivity index (χ2v) is 7.15. The largest absolute Gasteiger partial charge is 0.481 e. The van der Waals surface area contributed by atoms with E-state index in [0.717, 1.165) is 19.3 Å². The molecule has 5 unspecified atom stereocenters. The third-order valence-corrected chi connectivity index (χ3v) is 5.68. The summed E-state index contributed by atoms with van der Waals surface area (Å²) in [6.45, 7) is 5.95. The molecule has 106 valence electrons. The molecule has 0 radical (unpaired) electrons. The standard InChI is InChI=1S/C14H26O3S/c1-4-5-11-6-7-12(14(16)17)13(8-11)18-10(3)9(2)15/h9-13,15H,4-8H2,1-3H3,(H,16,17). The summed E-state index contributed by atoms with van der Waals surface area (Å²) in [7, 11) is 0. The van der Waals surface area contributed by atoms with Crippen LogP contribution in [0.1, 0.15) is 52.9 Å². The molecule has 18 heavy (non-hydrogen) atoms. The van der Waals surface area contributed by atoms with Gasteiger partial charge in [0.2, 0.25) is 0 Å². The smallest absolute Gasteiger partial charge is 0.307 e. The van der Waals surface area contributed by atoms with Crippen molar-refractivity contribution >= 4 is 17.7 Å². The first kappa shape index (κ1) is 15.8. The minimum Gasteiger partial charge on any atom is -0.481 e. The molecule has 0 aliphatic heterocycles. The zero-order valence-electron chi connectivity index (χ0n) is 11.6. The van der Waals surface area contributed by atoms with Crippen molar-refractivity contribution in [2.45, 2.75) is 69.5 Å². The zero-order chi connectivity index (χ0) is 13.7. The van der Waals surface area contributed by atoms with E-state index in [1.807, 2.05) is 6.92 Å². The Bertz CT molecular complexity index is 268. The fourth-order valence-electron chi connectivity index (χ4n) is 2.70. The number of aliphatic hydroxyl groups excluding tert-OH is 1. The number of aliphatic carboxylic acids is 1. The van der Waals surface area contributed by atoms with Crippen LogP contribution in [0.25, 0.3) is 0 Å². The molecule has 0 aromatic heterocycles. The molecule has 0 heterocycles. The van der Waals surface area contributed by atoms with Gasteiger partial charge in [-0.3, -0.25) is 4.79 Å². The molecule has 1 aliphatic rings. The molecular weight excluding hydrogens is 248 g/mol. The lowest BCUT2D eigenvalue weighted by molar-refractivity contribution is -0.142. The van der Waals surface area contributed by atoms with E-state index in [9.17, 15) is 15.0 Å². The quantitative estimate of drug-likeness (QED) is 0.781. The van der Waals surface area contributed by atoms with E-state index in [0.29, 0.717) is 5.92 Å². The van der Waals surface area contributed by atoms with E-state index in [2.05, 4.69) is 6.92 Å². The number of carboxylic acids is 1. The molecule has 1 fully saturated rings. The number of carboxylic acid groups (broad SMARTS) is 1. The van der Waals surface area contributed by atoms with Crippen molar-refractivity contribution in [2.24, 2.45) is 11.8 Å². The third-order valence-electron chi connectivity index (χ3n) is 3.98. The lowest BCUT2D eigenvalue weighted by Gasteiger charge is -2.35. The SMILES string of the molecule is CCCC1CCC(C(=O)O)C(SC(C)C(C)O)C1. The number of hydrogen-bond acceptors (Lipinski definition) is 3. The predicted molar refractivity (Wildman–Crippen MR) is 75.9 cm³/mol. The lowest BCUT2D eigenvalue weighted by atomic mass is 9.80. The van der Waals surface area contributed by atoms with Crippen LogP contribution in [0.15, 0.2) is 0 Å². The first-order valence-corrected chi connectivity index (χ1v) is 7.96. The van der Waals surface area contributed by atoms with Gasteiger partial charge in [0.1, 0.15) is 0 Å². The normalized spacial score (nSPS) is 31.9. The van der Waals surface area contributed by atoms with Crippen LogP contribution >= 0.6 is 11.8 Å². The zero-order valence-corrected chi connectivity index (χ0v) is 12.4. The number of carbonyl (C=O) groups is 1. The fourth-order valence-corrected chi connectivity index (χ4v) is 4.31. The van der Waals surface area contributed by atoms with Gasteiger partial charge in [-0.15, -0.1) is 0 Å². The van der Waals surface area contributed by atoms with Crippen molar-refractivity contribution < 1.29 is 15.0 Å². The molecule has 0 bridgehead atoms. The van der Waals surface area contributed by atoms with Gasteiger partial charge in [-0.1, -0.05) is 26.7 Å². The first-order chi connectivity index (χ1) is 8.45. The van der Waals surface area contributed by atoms with Gasteiger partial charge in [0.25, 0.3) is 0 Å². The molecule has 0 aromatic carbocycles. The Labute approximate surface area is 114 Å². The fraction of sp³-hybridized carbons (Fsp3) is 0.929. The minimum atomic E-state index is -0.666. The summed E-state index contributed by atoms with van der Waals surface area (Å²) in [5, 5.41) is 19.2. The van der Waals surface area contributed by atoms with Crippen LogP contribution in [0.2, 0.25) is 0 Å². The van der Waals surface area contributed by atoms with Crippen LogP contribution in [0, 0.1) is 11.8 Å². The van der Waals surface area contributed by atoms with Crippen molar-refractivity contribution in [3.63, 3.8) is 0 Å². The number of aliphatic hydroxyl groups is 1. The van der Waals surface area contributed by atoms with E-state index in [1.165, 1.54) is 12.8 Å². The summed E-state index contributed by atoms with van der Waals surface area (Å²) in [6.07, 6.45) is 4.83. The molecule has 5 atom stereocenters. The van der Waals surface area contributed by atoms with E-state index < -0.39 is 5.97 Å². The maximum Gasteiger partial charge on any atom is 0.307 e. The summed E-state index contributed by atoms with van der Waals surface area (Å²) in [5.74, 6) is -0.228. The van der Waals surface area contributed by atoms with E-state index in [4.69, 9.17) is 0 Å². The van der Waals surface area contributed by atoms with Gasteiger partial charge in [-0.25, -0.2) is 0 Å². The Morgan fingerprint density at radius 3 is 2.56 bits per heavy atom. The highest BCUT2D eigenvalue weighted by atomic mass is 32.2. The van der Waals surface area contributed by atoms with Crippen LogP contribution in [0.4, 0.5) is 0 Å². The second kappa shape index (κ2) is 7.39. The predicted octanol–water partition coefficient (Wildman–Crippen LogP) is 3.16. The molecule has 0 aromatic rings. The summed E-state index contributed by atoms with van der Waals surface area (Å²) < 4.78 is 0. The van der Waals surface area contributed by atoms with Gasteiger partial charge in [-0.2, -0.15) is 11.8 Å². The summed E-state index contributed by atoms with van der Waals surface area (Å²) in [6, 6.07) is 0. The average molecular weight is 274 g/mol. The number of rotatable bonds is 6. The molecule has 0 amide bonds. The maximum absolute atomic E-state index is 11.3. The highest BCUT2D eigenvalue weighted by Gasteiger charge is 2.36. The number of hydrogen-bond donors (Lipinski definition) is 2. The van der Waals surface area contributed by atoms with Crippen LogP contribution in [-0.2, 0) is 4.79 Å². The Kier molecular flexibility index (Phi) is 6.50. The molecular formula is C14H26O3S. The minimum absolute atomic E-state index is 0.109. The molecule has 2 N–H and O–H groups in total. The molecule has 4 heteroatoms. The van der Waals surface area contributed by atoms with Crippen LogP contribution in [0.3, 0.4) is 0 Å². The van der Waals surface area contributed by atoms with Gasteiger partial charge in [0, 0.05) is 10.5 Å². The third kappa shape index (κ3) is 4.47. The van der Waals surface area contributed by atoms with Crippen LogP contribution in [-0.4, -0.2) is 32.8 Å². The van der Waals surface area contributed by atoms with Crippen LogP contribution in [0.5, 0.6) is 0 Å². The van der Waals surface area contributed by atoms with Crippen LogP contribution < -0.4 is 0 Å². The molecule has 3 nitrogen and oxygen atoms in total. The summed E-state index contributed by atoms with van der Waals surface area (Å²) in [4.78, 5) is 11.3. The molecule has 1 rings (SSSR count). The van der Waals surface area contributed by atoms with E-state index in [1.54, 1.807) is 18.7 Å². The van der Waals surface area contributed by atoms with Crippen molar-refractivity contribution in [2.75, 3.05) is 0 Å². The van der Waals surface area contributed by atoms with Crippen molar-refractivity contribution in [1.29, 1.82) is 0 Å². The Balaban J connectivity index is 2.63. The van der Waals surface area contributed by atoms with Crippen molar-refractivity contribution in [1.82, 2.24) is 0 Å². The van der Waals surface area contributed by atoms with E-state index >= 15 is 0 Å². The summed E-state index contributed by atoms with van der Waals surface area (Å²) in [5.41, 5.74) is 0. The van der Waals surface area contributed by atoms with Gasteiger partial charge < -0.3 is 10.2 Å². The Morgan fingerprint density at radius 2 is 2.06 bits per heavy atom. The topological polar surface area (TPSA) is 57.5 Å². The molecule has 1 aliphatic carbocycles. The van der Waals surface area contributed by atoms with Gasteiger partial charge >= 0.3 is 5.97 Å². The van der Waals surface area contributed by atoms with Crippen molar-refractivity contribution in [3.05, 3.63) is 0 Å². The Morgan fingerprint density at radius 1 is 1.39 bits per heavy atom.